The molecule has 9 nitrogen and oxygen atoms in total. The van der Waals surface area contributed by atoms with Crippen molar-refractivity contribution < 1.29 is 33.5 Å². The monoisotopic (exact) mass is 599 g/mol. The Morgan fingerprint density at radius 1 is 1.03 bits per heavy atom. The van der Waals surface area contributed by atoms with E-state index in [1.165, 1.54) is 30.3 Å². The molecule has 38 heavy (non-hydrogen) atoms. The van der Waals surface area contributed by atoms with Gasteiger partial charge in [-0.1, -0.05) is 45.9 Å². The van der Waals surface area contributed by atoms with Crippen LogP contribution in [-0.4, -0.2) is 45.8 Å². The molecule has 4 amide bonds. The maximum atomic E-state index is 14.5. The summed E-state index contributed by atoms with van der Waals surface area (Å²) in [5, 5.41) is 13.3. The molecule has 1 aliphatic heterocycles. The van der Waals surface area contributed by atoms with Crippen molar-refractivity contribution in [2.75, 3.05) is 16.8 Å². The van der Waals surface area contributed by atoms with E-state index in [9.17, 15) is 33.5 Å². The number of benzene rings is 3. The van der Waals surface area contributed by atoms with Crippen LogP contribution in [0.1, 0.15) is 26.3 Å². The van der Waals surface area contributed by atoms with E-state index >= 15 is 0 Å². The van der Waals surface area contributed by atoms with Gasteiger partial charge in [-0.15, -0.1) is 0 Å². The van der Waals surface area contributed by atoms with Crippen LogP contribution in [0.25, 0.3) is 0 Å². The van der Waals surface area contributed by atoms with E-state index in [0.29, 0.717) is 16.5 Å². The molecule has 1 fully saturated rings. The van der Waals surface area contributed by atoms with Crippen molar-refractivity contribution in [2.45, 2.75) is 11.7 Å². The van der Waals surface area contributed by atoms with Crippen LogP contribution in [0.15, 0.2) is 71.2 Å². The van der Waals surface area contributed by atoms with Crippen LogP contribution in [0.3, 0.4) is 0 Å². The summed E-state index contributed by atoms with van der Waals surface area (Å²) in [6, 6.07) is 16.3. The molecule has 3 N–H and O–H groups in total. The number of thioether (sulfide) groups is 1. The van der Waals surface area contributed by atoms with Crippen molar-refractivity contribution in [3.8, 4) is 0 Å². The number of carbonyl (C=O) groups excluding carboxylic acids is 4. The van der Waals surface area contributed by atoms with Crippen LogP contribution in [-0.2, 0) is 16.0 Å². The quantitative estimate of drug-likeness (QED) is 0.348. The van der Waals surface area contributed by atoms with Gasteiger partial charge in [0.2, 0.25) is 5.91 Å². The molecule has 0 aromatic heterocycles. The molecule has 0 bridgehead atoms. The van der Waals surface area contributed by atoms with Gasteiger partial charge in [0.1, 0.15) is 12.4 Å². The first kappa shape index (κ1) is 27.0. The molecule has 1 saturated heterocycles. The highest BCUT2D eigenvalue weighted by Crippen LogP contribution is 2.26. The summed E-state index contributed by atoms with van der Waals surface area (Å²) in [4.78, 5) is 61.2. The number of amides is 4. The summed E-state index contributed by atoms with van der Waals surface area (Å²) in [7, 11) is 0. The molecule has 3 aromatic rings. The first-order chi connectivity index (χ1) is 18.1. The molecule has 0 radical (unpaired) electrons. The van der Waals surface area contributed by atoms with Crippen LogP contribution in [0.5, 0.6) is 0 Å². The molecule has 12 heteroatoms. The lowest BCUT2D eigenvalue weighted by Crippen LogP contribution is -2.36. The van der Waals surface area contributed by atoms with Crippen molar-refractivity contribution in [3.05, 3.63) is 93.7 Å². The van der Waals surface area contributed by atoms with Gasteiger partial charge in [0, 0.05) is 21.3 Å². The van der Waals surface area contributed by atoms with Crippen molar-refractivity contribution >= 4 is 68.0 Å². The van der Waals surface area contributed by atoms with E-state index < -0.39 is 35.4 Å². The number of nitrogens with zero attached hydrogens (tertiary/aromatic N) is 1. The lowest BCUT2D eigenvalue weighted by molar-refractivity contribution is -0.135. The van der Waals surface area contributed by atoms with Crippen LogP contribution in [0, 0.1) is 5.82 Å². The number of hydrogen-bond acceptors (Lipinski definition) is 6. The zero-order valence-corrected chi connectivity index (χ0v) is 21.8. The third-order valence-electron chi connectivity index (χ3n) is 5.51. The van der Waals surface area contributed by atoms with Gasteiger partial charge >= 0.3 is 5.97 Å². The first-order valence-corrected chi connectivity index (χ1v) is 12.8. The highest BCUT2D eigenvalue weighted by Gasteiger charge is 2.31. The van der Waals surface area contributed by atoms with Crippen molar-refractivity contribution in [1.82, 2.24) is 5.32 Å². The average molecular weight is 600 g/mol. The molecule has 1 atom stereocenters. The number of carboxylic acid groups (broad SMARTS) is 1. The minimum absolute atomic E-state index is 0.0450. The predicted octanol–water partition coefficient (Wildman–Crippen LogP) is 4.47. The Labute approximate surface area is 228 Å². The van der Waals surface area contributed by atoms with E-state index in [1.807, 2.05) is 0 Å². The normalized spacial score (nSPS) is 14.6. The summed E-state index contributed by atoms with van der Waals surface area (Å²) in [5.74, 6) is -3.68. The summed E-state index contributed by atoms with van der Waals surface area (Å²) in [6.45, 7) is -0.768. The number of carbonyl (C=O) groups is 5. The minimum atomic E-state index is -1.33. The molecule has 4 rings (SSSR count). The van der Waals surface area contributed by atoms with Gasteiger partial charge in [0.15, 0.2) is 0 Å². The predicted molar refractivity (Wildman–Crippen MR) is 143 cm³/mol. The van der Waals surface area contributed by atoms with E-state index in [0.717, 1.165) is 28.3 Å². The molecule has 0 saturated carbocycles. The minimum Gasteiger partial charge on any atom is -0.480 e. The molecule has 0 aliphatic carbocycles. The van der Waals surface area contributed by atoms with Gasteiger partial charge in [-0.3, -0.25) is 34.2 Å². The average Bonchev–Trinajstić information content (AvgIpc) is 3.19. The van der Waals surface area contributed by atoms with E-state index in [4.69, 9.17) is 0 Å². The van der Waals surface area contributed by atoms with E-state index in [2.05, 4.69) is 26.6 Å². The van der Waals surface area contributed by atoms with Gasteiger partial charge in [-0.2, -0.15) is 0 Å². The van der Waals surface area contributed by atoms with Crippen LogP contribution >= 0.6 is 27.7 Å². The number of imide groups is 1. The Balaban J connectivity index is 1.48. The van der Waals surface area contributed by atoms with Crippen LogP contribution in [0.4, 0.5) is 20.6 Å². The molecule has 1 aliphatic rings. The molecular weight excluding hydrogens is 581 g/mol. The number of halogens is 2. The second-order valence-corrected chi connectivity index (χ2v) is 10.3. The third-order valence-corrected chi connectivity index (χ3v) is 6.99. The zero-order valence-electron chi connectivity index (χ0n) is 19.4. The fourth-order valence-electron chi connectivity index (χ4n) is 3.72. The number of aliphatic carboxylic acids is 1. The summed E-state index contributed by atoms with van der Waals surface area (Å²) < 4.78 is 15.0. The molecule has 1 heterocycles. The second kappa shape index (κ2) is 11.6. The first-order valence-electron chi connectivity index (χ1n) is 11.1. The molecule has 1 unspecified atom stereocenters. The van der Waals surface area contributed by atoms with Crippen LogP contribution in [0.2, 0.25) is 0 Å². The van der Waals surface area contributed by atoms with Gasteiger partial charge in [0.05, 0.1) is 10.9 Å². The lowest BCUT2D eigenvalue weighted by atomic mass is 10.1. The second-order valence-electron chi connectivity index (χ2n) is 8.20. The fourth-order valence-corrected chi connectivity index (χ4v) is 4.92. The molecule has 3 aromatic carbocycles. The Morgan fingerprint density at radius 3 is 2.39 bits per heavy atom. The summed E-state index contributed by atoms with van der Waals surface area (Å²) >= 11 is 4.05. The SMILES string of the molecule is O=C(O)CN(C(=O)c1cccc(NC(=O)c2ccc(CC3SC(=O)NC3=O)cc2)c1)c1ccc(Br)cc1F. The Kier molecular flexibility index (Phi) is 8.23. The summed E-state index contributed by atoms with van der Waals surface area (Å²) in [5.41, 5.74) is 1.20. The number of nitrogens with one attached hydrogen (secondary N) is 2. The Bertz CT molecular complexity index is 1450. The molecular formula is C26H19BrFN3O6S. The molecule has 0 spiro atoms. The highest BCUT2D eigenvalue weighted by molar-refractivity contribution is 9.10. The van der Waals surface area contributed by atoms with Gasteiger partial charge < -0.3 is 10.4 Å². The number of anilines is 2. The van der Waals surface area contributed by atoms with Gasteiger partial charge in [0.25, 0.3) is 17.1 Å². The van der Waals surface area contributed by atoms with Crippen molar-refractivity contribution in [1.29, 1.82) is 0 Å². The van der Waals surface area contributed by atoms with E-state index in [-0.39, 0.29) is 28.1 Å². The maximum absolute atomic E-state index is 14.5. The Morgan fingerprint density at radius 2 is 1.76 bits per heavy atom. The highest BCUT2D eigenvalue weighted by atomic mass is 79.9. The van der Waals surface area contributed by atoms with Crippen LogP contribution < -0.4 is 15.5 Å². The largest absolute Gasteiger partial charge is 0.480 e. The number of rotatable bonds is 8. The lowest BCUT2D eigenvalue weighted by Gasteiger charge is -2.22. The van der Waals surface area contributed by atoms with E-state index in [1.54, 1.807) is 30.3 Å². The third kappa shape index (κ3) is 6.45. The number of carboxylic acids is 1. The maximum Gasteiger partial charge on any atom is 0.323 e. The summed E-state index contributed by atoms with van der Waals surface area (Å²) in [6.07, 6.45) is 0.333. The smallest absolute Gasteiger partial charge is 0.323 e. The van der Waals surface area contributed by atoms with Gasteiger partial charge in [-0.25, -0.2) is 4.39 Å². The van der Waals surface area contributed by atoms with Gasteiger partial charge in [-0.05, 0) is 60.5 Å². The zero-order chi connectivity index (χ0) is 27.4. The van der Waals surface area contributed by atoms with Crippen molar-refractivity contribution in [3.63, 3.8) is 0 Å². The Hall–Kier alpha value is -4.03. The topological polar surface area (TPSA) is 133 Å². The van der Waals surface area contributed by atoms with Crippen molar-refractivity contribution in [2.24, 2.45) is 0 Å². The molecule has 194 valence electrons. The number of hydrogen-bond donors (Lipinski definition) is 3. The fraction of sp³-hybridized carbons (Fsp3) is 0.115. The standard InChI is InChI=1S/C26H19BrFN3O6S/c27-17-8-9-20(19(28)12-17)31(13-22(32)33)25(36)16-2-1-3-18(11-16)29-23(34)15-6-4-14(5-7-15)10-21-24(35)30-26(37)38-21/h1-9,11-12,21H,10,13H2,(H,29,34)(H,32,33)(H,30,35,37).